The highest BCUT2D eigenvalue weighted by molar-refractivity contribution is 5.29. The average Bonchev–Trinajstić information content (AvgIpc) is 2.75. The third-order valence-corrected chi connectivity index (χ3v) is 3.00. The Balaban J connectivity index is 2.02. The van der Waals surface area contributed by atoms with Crippen LogP contribution in [0.4, 0.5) is 13.2 Å². The van der Waals surface area contributed by atoms with E-state index in [1.807, 2.05) is 29.9 Å². The quantitative estimate of drug-likeness (QED) is 0.900. The number of nitrogens with zero attached hydrogens (tertiary/aromatic N) is 1. The van der Waals surface area contributed by atoms with Crippen LogP contribution in [0.25, 0.3) is 0 Å². The molecule has 0 aliphatic carbocycles. The molecule has 19 heavy (non-hydrogen) atoms. The number of aromatic nitrogens is 1. The summed E-state index contributed by atoms with van der Waals surface area (Å²) in [7, 11) is 1.90. The lowest BCUT2D eigenvalue weighted by Gasteiger charge is -2.13. The summed E-state index contributed by atoms with van der Waals surface area (Å²) in [5.74, 6) is 0. The summed E-state index contributed by atoms with van der Waals surface area (Å²) in [5.41, 5.74) is 0.725. The summed E-state index contributed by atoms with van der Waals surface area (Å²) in [5, 5.41) is 3.04. The van der Waals surface area contributed by atoms with Gasteiger partial charge >= 0.3 is 6.18 Å². The van der Waals surface area contributed by atoms with Crippen LogP contribution in [0.3, 0.4) is 0 Å². The Morgan fingerprint density at radius 1 is 1.05 bits per heavy atom. The van der Waals surface area contributed by atoms with Gasteiger partial charge in [-0.1, -0.05) is 18.2 Å². The minimum Gasteiger partial charge on any atom is -0.353 e. The molecule has 1 heterocycles. The summed E-state index contributed by atoms with van der Waals surface area (Å²) < 4.78 is 40.3. The SMILES string of the molecule is Cn1cccc1CNCc1ccccc1C(F)(F)F. The Hall–Kier alpha value is -1.75. The first-order valence-corrected chi connectivity index (χ1v) is 5.94. The number of nitrogens with one attached hydrogen (secondary N) is 1. The lowest BCUT2D eigenvalue weighted by molar-refractivity contribution is -0.138. The van der Waals surface area contributed by atoms with Crippen molar-refractivity contribution in [1.82, 2.24) is 9.88 Å². The van der Waals surface area contributed by atoms with Crippen molar-refractivity contribution in [3.8, 4) is 0 Å². The van der Waals surface area contributed by atoms with E-state index in [0.29, 0.717) is 6.54 Å². The number of rotatable bonds is 4. The van der Waals surface area contributed by atoms with Gasteiger partial charge in [-0.15, -0.1) is 0 Å². The second-order valence-electron chi connectivity index (χ2n) is 4.37. The first-order valence-electron chi connectivity index (χ1n) is 5.94. The van der Waals surface area contributed by atoms with Gasteiger partial charge in [-0.2, -0.15) is 13.2 Å². The van der Waals surface area contributed by atoms with Crippen LogP contribution in [0.15, 0.2) is 42.6 Å². The molecule has 0 radical (unpaired) electrons. The Morgan fingerprint density at radius 2 is 1.79 bits per heavy atom. The van der Waals surface area contributed by atoms with Gasteiger partial charge in [-0.25, -0.2) is 0 Å². The fourth-order valence-corrected chi connectivity index (χ4v) is 1.96. The molecule has 0 saturated carbocycles. The van der Waals surface area contributed by atoms with E-state index in [-0.39, 0.29) is 12.1 Å². The van der Waals surface area contributed by atoms with Gasteiger partial charge in [0.2, 0.25) is 0 Å². The molecule has 0 amide bonds. The number of benzene rings is 1. The van der Waals surface area contributed by atoms with Gasteiger partial charge in [-0.05, 0) is 23.8 Å². The monoisotopic (exact) mass is 268 g/mol. The molecule has 0 atom stereocenters. The zero-order valence-electron chi connectivity index (χ0n) is 10.5. The zero-order chi connectivity index (χ0) is 13.9. The molecule has 0 fully saturated rings. The highest BCUT2D eigenvalue weighted by Crippen LogP contribution is 2.31. The third-order valence-electron chi connectivity index (χ3n) is 3.00. The second-order valence-corrected chi connectivity index (χ2v) is 4.37. The fraction of sp³-hybridized carbons (Fsp3) is 0.286. The predicted molar refractivity (Wildman–Crippen MR) is 67.4 cm³/mol. The maximum absolute atomic E-state index is 12.8. The molecular weight excluding hydrogens is 253 g/mol. The lowest BCUT2D eigenvalue weighted by Crippen LogP contribution is -2.18. The maximum Gasteiger partial charge on any atom is 0.416 e. The van der Waals surface area contributed by atoms with Crippen molar-refractivity contribution in [1.29, 1.82) is 0 Å². The minimum absolute atomic E-state index is 0.195. The van der Waals surface area contributed by atoms with Gasteiger partial charge in [-0.3, -0.25) is 0 Å². The first-order chi connectivity index (χ1) is 8.98. The zero-order valence-corrected chi connectivity index (χ0v) is 10.5. The third kappa shape index (κ3) is 3.38. The van der Waals surface area contributed by atoms with Crippen molar-refractivity contribution in [3.63, 3.8) is 0 Å². The number of hydrogen-bond donors (Lipinski definition) is 1. The van der Waals surface area contributed by atoms with E-state index >= 15 is 0 Å². The van der Waals surface area contributed by atoms with E-state index in [1.54, 1.807) is 6.07 Å². The molecular formula is C14H15F3N2. The molecule has 0 aliphatic rings. The van der Waals surface area contributed by atoms with Crippen molar-refractivity contribution in [3.05, 3.63) is 59.4 Å². The van der Waals surface area contributed by atoms with Crippen LogP contribution in [0.2, 0.25) is 0 Å². The smallest absolute Gasteiger partial charge is 0.353 e. The fourth-order valence-electron chi connectivity index (χ4n) is 1.96. The van der Waals surface area contributed by atoms with Crippen molar-refractivity contribution < 1.29 is 13.2 Å². The summed E-state index contributed by atoms with van der Waals surface area (Å²) >= 11 is 0. The molecule has 0 saturated heterocycles. The largest absolute Gasteiger partial charge is 0.416 e. The number of aryl methyl sites for hydroxylation is 1. The standard InChI is InChI=1S/C14H15F3N2/c1-19-8-4-6-12(19)10-18-9-11-5-2-3-7-13(11)14(15,16)17/h2-8,18H,9-10H2,1H3. The summed E-state index contributed by atoms with van der Waals surface area (Å²) in [6.45, 7) is 0.733. The highest BCUT2D eigenvalue weighted by atomic mass is 19.4. The maximum atomic E-state index is 12.8. The Bertz CT molecular complexity index is 544. The van der Waals surface area contributed by atoms with E-state index in [2.05, 4.69) is 5.32 Å². The molecule has 0 bridgehead atoms. The Morgan fingerprint density at radius 3 is 2.42 bits per heavy atom. The van der Waals surface area contributed by atoms with E-state index in [9.17, 15) is 13.2 Å². The molecule has 102 valence electrons. The van der Waals surface area contributed by atoms with Crippen LogP contribution in [0.5, 0.6) is 0 Å². The molecule has 0 unspecified atom stereocenters. The summed E-state index contributed by atoms with van der Waals surface area (Å²) in [6.07, 6.45) is -2.40. The molecule has 5 heteroatoms. The molecule has 1 aromatic heterocycles. The van der Waals surface area contributed by atoms with Gasteiger partial charge in [0, 0.05) is 32.0 Å². The first kappa shape index (κ1) is 13.7. The van der Waals surface area contributed by atoms with Crippen LogP contribution in [-0.4, -0.2) is 4.57 Å². The van der Waals surface area contributed by atoms with Gasteiger partial charge in [0.25, 0.3) is 0 Å². The van der Waals surface area contributed by atoms with Crippen LogP contribution in [-0.2, 0) is 26.3 Å². The molecule has 1 N–H and O–H groups in total. The summed E-state index contributed by atoms with van der Waals surface area (Å²) in [4.78, 5) is 0. The van der Waals surface area contributed by atoms with Crippen LogP contribution < -0.4 is 5.32 Å². The van der Waals surface area contributed by atoms with E-state index < -0.39 is 11.7 Å². The van der Waals surface area contributed by atoms with Gasteiger partial charge < -0.3 is 9.88 Å². The number of alkyl halides is 3. The normalized spacial score (nSPS) is 11.8. The van der Waals surface area contributed by atoms with Gasteiger partial charge in [0.15, 0.2) is 0 Å². The molecule has 2 rings (SSSR count). The highest BCUT2D eigenvalue weighted by Gasteiger charge is 2.32. The number of hydrogen-bond acceptors (Lipinski definition) is 1. The molecule has 0 aliphatic heterocycles. The van der Waals surface area contributed by atoms with Gasteiger partial charge in [0.1, 0.15) is 0 Å². The molecule has 2 aromatic rings. The Labute approximate surface area is 109 Å². The topological polar surface area (TPSA) is 17.0 Å². The van der Waals surface area contributed by atoms with Crippen LogP contribution >= 0.6 is 0 Å². The van der Waals surface area contributed by atoms with E-state index in [0.717, 1.165) is 11.8 Å². The van der Waals surface area contributed by atoms with Crippen molar-refractivity contribution in [2.24, 2.45) is 7.05 Å². The van der Waals surface area contributed by atoms with E-state index in [1.165, 1.54) is 12.1 Å². The second kappa shape index (κ2) is 5.48. The average molecular weight is 268 g/mol. The number of halogens is 3. The van der Waals surface area contributed by atoms with Crippen LogP contribution in [0, 0.1) is 0 Å². The molecule has 0 spiro atoms. The van der Waals surface area contributed by atoms with E-state index in [4.69, 9.17) is 0 Å². The summed E-state index contributed by atoms with van der Waals surface area (Å²) in [6, 6.07) is 9.47. The van der Waals surface area contributed by atoms with Crippen molar-refractivity contribution in [2.75, 3.05) is 0 Å². The van der Waals surface area contributed by atoms with Crippen molar-refractivity contribution in [2.45, 2.75) is 19.3 Å². The predicted octanol–water partition coefficient (Wildman–Crippen LogP) is 3.33. The van der Waals surface area contributed by atoms with Crippen molar-refractivity contribution >= 4 is 0 Å². The lowest BCUT2D eigenvalue weighted by atomic mass is 10.1. The molecule has 2 nitrogen and oxygen atoms in total. The minimum atomic E-state index is -4.30. The molecule has 1 aromatic carbocycles. The Kier molecular flexibility index (Phi) is 3.95. The van der Waals surface area contributed by atoms with Crippen LogP contribution in [0.1, 0.15) is 16.8 Å². The van der Waals surface area contributed by atoms with Gasteiger partial charge in [0.05, 0.1) is 5.56 Å².